The van der Waals surface area contributed by atoms with E-state index in [0.717, 1.165) is 37.2 Å². The largest absolute Gasteiger partial charge is 0.504 e. The van der Waals surface area contributed by atoms with Crippen molar-refractivity contribution in [1.82, 2.24) is 5.32 Å². The van der Waals surface area contributed by atoms with Crippen LogP contribution in [0, 0.1) is 0 Å². The van der Waals surface area contributed by atoms with Gasteiger partial charge in [-0.3, -0.25) is 0 Å². The molecular formula is C18H23NO3. The average Bonchev–Trinajstić information content (AvgIpc) is 2.55. The van der Waals surface area contributed by atoms with Gasteiger partial charge in [0.15, 0.2) is 11.5 Å². The Kier molecular flexibility index (Phi) is 6.10. The van der Waals surface area contributed by atoms with Crippen LogP contribution in [0.4, 0.5) is 0 Å². The lowest BCUT2D eigenvalue weighted by Crippen LogP contribution is -2.20. The highest BCUT2D eigenvalue weighted by Gasteiger charge is 2.02. The number of phenols is 1. The number of nitrogens with one attached hydrogen (secondary N) is 1. The predicted octanol–water partition coefficient (Wildman–Crippen LogP) is 2.78. The third kappa shape index (κ3) is 4.67. The van der Waals surface area contributed by atoms with Gasteiger partial charge in [-0.25, -0.2) is 0 Å². The standard InChI is InChI=1S/C18H23NO3/c1-21-16-6-3-14(4-7-16)9-11-19-12-10-15-5-8-18(22-2)17(20)13-15/h3-8,13,19-20H,9-12H2,1-2H3. The first kappa shape index (κ1) is 16.2. The quantitative estimate of drug-likeness (QED) is 0.736. The zero-order chi connectivity index (χ0) is 15.8. The molecule has 0 saturated carbocycles. The maximum absolute atomic E-state index is 9.73. The molecular weight excluding hydrogens is 278 g/mol. The van der Waals surface area contributed by atoms with Gasteiger partial charge in [0.25, 0.3) is 0 Å². The Morgan fingerprint density at radius 3 is 2.09 bits per heavy atom. The molecule has 0 bridgehead atoms. The zero-order valence-corrected chi connectivity index (χ0v) is 13.1. The summed E-state index contributed by atoms with van der Waals surface area (Å²) in [6.45, 7) is 1.80. The molecule has 2 N–H and O–H groups in total. The van der Waals surface area contributed by atoms with Gasteiger partial charge in [0, 0.05) is 0 Å². The van der Waals surface area contributed by atoms with E-state index in [2.05, 4.69) is 17.4 Å². The molecule has 0 atom stereocenters. The van der Waals surface area contributed by atoms with Crippen molar-refractivity contribution in [2.75, 3.05) is 27.3 Å². The maximum atomic E-state index is 9.73. The lowest BCUT2D eigenvalue weighted by atomic mass is 10.1. The van der Waals surface area contributed by atoms with Crippen molar-refractivity contribution in [3.05, 3.63) is 53.6 Å². The summed E-state index contributed by atoms with van der Waals surface area (Å²) in [6.07, 6.45) is 1.86. The fourth-order valence-corrected chi connectivity index (χ4v) is 2.27. The molecule has 0 aliphatic heterocycles. The topological polar surface area (TPSA) is 50.7 Å². The van der Waals surface area contributed by atoms with Gasteiger partial charge in [-0.1, -0.05) is 18.2 Å². The van der Waals surface area contributed by atoms with Crippen molar-refractivity contribution in [3.8, 4) is 17.2 Å². The van der Waals surface area contributed by atoms with Crippen molar-refractivity contribution in [2.45, 2.75) is 12.8 Å². The van der Waals surface area contributed by atoms with Crippen molar-refractivity contribution in [3.63, 3.8) is 0 Å². The first-order valence-electron chi connectivity index (χ1n) is 7.42. The number of ether oxygens (including phenoxy) is 2. The van der Waals surface area contributed by atoms with Crippen LogP contribution in [0.25, 0.3) is 0 Å². The van der Waals surface area contributed by atoms with Gasteiger partial charge in [-0.05, 0) is 61.3 Å². The molecule has 0 amide bonds. The fourth-order valence-electron chi connectivity index (χ4n) is 2.27. The lowest BCUT2D eigenvalue weighted by molar-refractivity contribution is 0.373. The lowest BCUT2D eigenvalue weighted by Gasteiger charge is -2.08. The Morgan fingerprint density at radius 1 is 0.864 bits per heavy atom. The van der Waals surface area contributed by atoms with E-state index in [1.807, 2.05) is 18.2 Å². The molecule has 0 fully saturated rings. The summed E-state index contributed by atoms with van der Waals surface area (Å²) in [6, 6.07) is 13.7. The third-order valence-corrected chi connectivity index (χ3v) is 3.58. The van der Waals surface area contributed by atoms with Crippen molar-refractivity contribution in [1.29, 1.82) is 0 Å². The van der Waals surface area contributed by atoms with Crippen molar-refractivity contribution < 1.29 is 14.6 Å². The highest BCUT2D eigenvalue weighted by atomic mass is 16.5. The van der Waals surface area contributed by atoms with Crippen LogP contribution in [-0.2, 0) is 12.8 Å². The Morgan fingerprint density at radius 2 is 1.50 bits per heavy atom. The van der Waals surface area contributed by atoms with Gasteiger partial charge in [-0.2, -0.15) is 0 Å². The van der Waals surface area contributed by atoms with Gasteiger partial charge in [0.05, 0.1) is 14.2 Å². The molecule has 0 radical (unpaired) electrons. The second-order valence-corrected chi connectivity index (χ2v) is 5.10. The van der Waals surface area contributed by atoms with Gasteiger partial charge in [0.2, 0.25) is 0 Å². The molecule has 0 heterocycles. The highest BCUT2D eigenvalue weighted by Crippen LogP contribution is 2.26. The van der Waals surface area contributed by atoms with E-state index in [0.29, 0.717) is 5.75 Å². The van der Waals surface area contributed by atoms with Gasteiger partial charge < -0.3 is 19.9 Å². The Bertz CT molecular complexity index is 581. The first-order chi connectivity index (χ1) is 10.7. The minimum Gasteiger partial charge on any atom is -0.504 e. The molecule has 0 aliphatic rings. The number of hydrogen-bond donors (Lipinski definition) is 2. The van der Waals surface area contributed by atoms with E-state index >= 15 is 0 Å². The number of hydrogen-bond acceptors (Lipinski definition) is 4. The van der Waals surface area contributed by atoms with E-state index in [1.165, 1.54) is 5.56 Å². The second-order valence-electron chi connectivity index (χ2n) is 5.10. The van der Waals surface area contributed by atoms with Crippen LogP contribution < -0.4 is 14.8 Å². The number of aromatic hydroxyl groups is 1. The molecule has 118 valence electrons. The monoisotopic (exact) mass is 301 g/mol. The van der Waals surface area contributed by atoms with E-state index in [1.54, 1.807) is 26.4 Å². The maximum Gasteiger partial charge on any atom is 0.160 e. The van der Waals surface area contributed by atoms with Crippen LogP contribution >= 0.6 is 0 Å². The molecule has 2 aromatic rings. The van der Waals surface area contributed by atoms with Crippen LogP contribution in [0.5, 0.6) is 17.2 Å². The van der Waals surface area contributed by atoms with Crippen LogP contribution in [0.3, 0.4) is 0 Å². The van der Waals surface area contributed by atoms with Gasteiger partial charge >= 0.3 is 0 Å². The normalized spacial score (nSPS) is 10.5. The van der Waals surface area contributed by atoms with E-state index in [9.17, 15) is 5.11 Å². The molecule has 0 aliphatic carbocycles. The summed E-state index contributed by atoms with van der Waals surface area (Å²) in [5.74, 6) is 1.59. The number of methoxy groups -OCH3 is 2. The number of phenolic OH excluding ortho intramolecular Hbond substituents is 1. The molecule has 2 aromatic carbocycles. The summed E-state index contributed by atoms with van der Waals surface area (Å²) in [7, 11) is 3.23. The van der Waals surface area contributed by atoms with Gasteiger partial charge in [0.1, 0.15) is 5.75 Å². The molecule has 4 nitrogen and oxygen atoms in total. The van der Waals surface area contributed by atoms with Crippen LogP contribution in [0.1, 0.15) is 11.1 Å². The molecule has 2 rings (SSSR count). The van der Waals surface area contributed by atoms with Crippen LogP contribution in [-0.4, -0.2) is 32.4 Å². The molecule has 4 heteroatoms. The summed E-state index contributed by atoms with van der Waals surface area (Å²) in [5, 5.41) is 13.1. The minimum absolute atomic E-state index is 0.193. The molecule has 0 spiro atoms. The summed E-state index contributed by atoms with van der Waals surface area (Å²) < 4.78 is 10.2. The highest BCUT2D eigenvalue weighted by molar-refractivity contribution is 5.41. The Balaban J connectivity index is 1.69. The summed E-state index contributed by atoms with van der Waals surface area (Å²) in [4.78, 5) is 0. The zero-order valence-electron chi connectivity index (χ0n) is 13.1. The summed E-state index contributed by atoms with van der Waals surface area (Å²) >= 11 is 0. The smallest absolute Gasteiger partial charge is 0.160 e. The number of benzene rings is 2. The van der Waals surface area contributed by atoms with E-state index in [4.69, 9.17) is 9.47 Å². The predicted molar refractivity (Wildman–Crippen MR) is 87.9 cm³/mol. The van der Waals surface area contributed by atoms with E-state index in [-0.39, 0.29) is 5.75 Å². The first-order valence-corrected chi connectivity index (χ1v) is 7.42. The second kappa shape index (κ2) is 8.29. The van der Waals surface area contributed by atoms with Gasteiger partial charge in [-0.15, -0.1) is 0 Å². The number of rotatable bonds is 8. The SMILES string of the molecule is COc1ccc(CCNCCc2ccc(OC)c(O)c2)cc1. The Labute approximate surface area is 131 Å². The van der Waals surface area contributed by atoms with E-state index < -0.39 is 0 Å². The molecule has 0 saturated heterocycles. The average molecular weight is 301 g/mol. The van der Waals surface area contributed by atoms with Crippen molar-refractivity contribution in [2.24, 2.45) is 0 Å². The molecule has 22 heavy (non-hydrogen) atoms. The summed E-state index contributed by atoms with van der Waals surface area (Å²) in [5.41, 5.74) is 2.38. The van der Waals surface area contributed by atoms with Crippen LogP contribution in [0.2, 0.25) is 0 Å². The Hall–Kier alpha value is -2.20. The van der Waals surface area contributed by atoms with Crippen molar-refractivity contribution >= 4 is 0 Å². The third-order valence-electron chi connectivity index (χ3n) is 3.58. The molecule has 0 unspecified atom stereocenters. The minimum atomic E-state index is 0.193. The van der Waals surface area contributed by atoms with Crippen LogP contribution in [0.15, 0.2) is 42.5 Å². The fraction of sp³-hybridized carbons (Fsp3) is 0.333. The molecule has 0 aromatic heterocycles.